The van der Waals surface area contributed by atoms with E-state index in [4.69, 9.17) is 5.26 Å². The van der Waals surface area contributed by atoms with Crippen molar-refractivity contribution in [2.75, 3.05) is 0 Å². The average molecular weight is 269 g/mol. The maximum absolute atomic E-state index is 12.7. The van der Waals surface area contributed by atoms with E-state index in [9.17, 15) is 13.2 Å². The van der Waals surface area contributed by atoms with Gasteiger partial charge in [-0.15, -0.1) is 0 Å². The van der Waals surface area contributed by atoms with E-state index < -0.39 is 11.7 Å². The number of imidazole rings is 1. The van der Waals surface area contributed by atoms with Gasteiger partial charge in [0, 0.05) is 17.3 Å². The molecule has 0 aliphatic heterocycles. The summed E-state index contributed by atoms with van der Waals surface area (Å²) < 4.78 is 38.1. The highest BCUT2D eigenvalue weighted by molar-refractivity contribution is 7.99. The highest BCUT2D eigenvalue weighted by atomic mass is 32.2. The lowest BCUT2D eigenvalue weighted by molar-refractivity contribution is -0.137. The van der Waals surface area contributed by atoms with Gasteiger partial charge < -0.3 is 4.98 Å². The molecule has 7 heteroatoms. The molecular weight excluding hydrogens is 263 g/mol. The molecule has 0 unspecified atom stereocenters. The van der Waals surface area contributed by atoms with Crippen molar-refractivity contribution in [1.82, 2.24) is 9.97 Å². The Labute approximate surface area is 105 Å². The van der Waals surface area contributed by atoms with Gasteiger partial charge in [-0.05, 0) is 18.2 Å². The quantitative estimate of drug-likeness (QED) is 0.908. The van der Waals surface area contributed by atoms with Crippen molar-refractivity contribution >= 4 is 11.8 Å². The third kappa shape index (κ3) is 2.65. The van der Waals surface area contributed by atoms with Crippen LogP contribution in [0.1, 0.15) is 11.1 Å². The molecule has 0 saturated carbocycles. The maximum Gasteiger partial charge on any atom is 0.417 e. The summed E-state index contributed by atoms with van der Waals surface area (Å²) in [6.45, 7) is 0. The van der Waals surface area contributed by atoms with Gasteiger partial charge in [0.1, 0.15) is 0 Å². The van der Waals surface area contributed by atoms with Gasteiger partial charge in [0.25, 0.3) is 0 Å². The average Bonchev–Trinajstić information content (AvgIpc) is 2.80. The Balaban J connectivity index is 2.38. The van der Waals surface area contributed by atoms with Gasteiger partial charge in [-0.3, -0.25) is 0 Å². The Bertz CT molecular complexity index is 585. The summed E-state index contributed by atoms with van der Waals surface area (Å²) in [5, 5.41) is 9.15. The lowest BCUT2D eigenvalue weighted by Crippen LogP contribution is -2.07. The molecule has 2 aromatic rings. The first-order valence-corrected chi connectivity index (χ1v) is 5.61. The first kappa shape index (κ1) is 12.5. The van der Waals surface area contributed by atoms with Crippen molar-refractivity contribution in [3.63, 3.8) is 0 Å². The molecule has 0 radical (unpaired) electrons. The molecule has 1 aromatic heterocycles. The number of nitrogens with zero attached hydrogens (tertiary/aromatic N) is 2. The SMILES string of the molecule is N#Cc1ccc(Sc2ncc[nH]2)cc1C(F)(F)F. The second kappa shape index (κ2) is 4.74. The summed E-state index contributed by atoms with van der Waals surface area (Å²) in [5.74, 6) is 0. The summed E-state index contributed by atoms with van der Waals surface area (Å²) in [6.07, 6.45) is -1.45. The van der Waals surface area contributed by atoms with Crippen LogP contribution in [0.4, 0.5) is 13.2 Å². The number of aromatic nitrogens is 2. The number of halogens is 3. The molecule has 1 heterocycles. The molecule has 0 fully saturated rings. The molecule has 0 atom stereocenters. The molecule has 92 valence electrons. The van der Waals surface area contributed by atoms with Gasteiger partial charge in [0.05, 0.1) is 17.2 Å². The first-order chi connectivity index (χ1) is 8.50. The predicted molar refractivity (Wildman–Crippen MR) is 58.9 cm³/mol. The molecule has 1 N–H and O–H groups in total. The van der Waals surface area contributed by atoms with Gasteiger partial charge in [0.15, 0.2) is 5.16 Å². The molecule has 0 aliphatic carbocycles. The zero-order chi connectivity index (χ0) is 13.2. The fraction of sp³-hybridized carbons (Fsp3) is 0.0909. The Hall–Kier alpha value is -1.94. The van der Waals surface area contributed by atoms with Gasteiger partial charge in [0.2, 0.25) is 0 Å². The van der Waals surface area contributed by atoms with E-state index in [1.165, 1.54) is 18.3 Å². The molecule has 0 amide bonds. The zero-order valence-corrected chi connectivity index (χ0v) is 9.64. The van der Waals surface area contributed by atoms with E-state index in [0.717, 1.165) is 23.9 Å². The van der Waals surface area contributed by atoms with Crippen molar-refractivity contribution in [1.29, 1.82) is 5.26 Å². The fourth-order valence-corrected chi connectivity index (χ4v) is 2.11. The molecule has 18 heavy (non-hydrogen) atoms. The van der Waals surface area contributed by atoms with Crippen LogP contribution in [0.5, 0.6) is 0 Å². The van der Waals surface area contributed by atoms with Crippen LogP contribution in [0.25, 0.3) is 0 Å². The van der Waals surface area contributed by atoms with Crippen molar-refractivity contribution in [3.05, 3.63) is 41.7 Å². The highest BCUT2D eigenvalue weighted by Crippen LogP contribution is 2.35. The number of H-pyrrole nitrogens is 1. The van der Waals surface area contributed by atoms with Crippen LogP contribution >= 0.6 is 11.8 Å². The second-order valence-electron chi connectivity index (χ2n) is 3.31. The van der Waals surface area contributed by atoms with Crippen LogP contribution < -0.4 is 0 Å². The van der Waals surface area contributed by atoms with Crippen molar-refractivity contribution < 1.29 is 13.2 Å². The van der Waals surface area contributed by atoms with Crippen molar-refractivity contribution in [2.45, 2.75) is 16.2 Å². The van der Waals surface area contributed by atoms with E-state index in [2.05, 4.69) is 9.97 Å². The number of alkyl halides is 3. The number of hydrogen-bond donors (Lipinski definition) is 1. The standard InChI is InChI=1S/C11H6F3N3S/c12-11(13,14)9-5-8(2-1-7(9)6-15)18-10-16-3-4-17-10/h1-5H,(H,16,17). The number of nitrogens with one attached hydrogen (secondary N) is 1. The smallest absolute Gasteiger partial charge is 0.339 e. The lowest BCUT2D eigenvalue weighted by atomic mass is 10.1. The largest absolute Gasteiger partial charge is 0.417 e. The topological polar surface area (TPSA) is 52.5 Å². The third-order valence-electron chi connectivity index (χ3n) is 2.10. The van der Waals surface area contributed by atoms with E-state index in [1.807, 2.05) is 0 Å². The van der Waals surface area contributed by atoms with Crippen LogP contribution in [0.3, 0.4) is 0 Å². The molecule has 0 aliphatic rings. The monoisotopic (exact) mass is 269 g/mol. The number of aromatic amines is 1. The summed E-state index contributed by atoms with van der Waals surface area (Å²) in [7, 11) is 0. The van der Waals surface area contributed by atoms with Gasteiger partial charge in [-0.1, -0.05) is 11.8 Å². The Morgan fingerprint density at radius 2 is 2.11 bits per heavy atom. The molecule has 0 saturated heterocycles. The Morgan fingerprint density at radius 1 is 1.33 bits per heavy atom. The van der Waals surface area contributed by atoms with Crippen LogP contribution in [-0.2, 0) is 6.18 Å². The molecule has 2 rings (SSSR count). The van der Waals surface area contributed by atoms with Gasteiger partial charge in [-0.2, -0.15) is 18.4 Å². The minimum atomic E-state index is -4.54. The summed E-state index contributed by atoms with van der Waals surface area (Å²) in [6, 6.07) is 5.11. The van der Waals surface area contributed by atoms with E-state index in [0.29, 0.717) is 10.1 Å². The van der Waals surface area contributed by atoms with Crippen LogP contribution in [0.15, 0.2) is 40.6 Å². The summed E-state index contributed by atoms with van der Waals surface area (Å²) >= 11 is 1.07. The lowest BCUT2D eigenvalue weighted by Gasteiger charge is -2.09. The number of hydrogen-bond acceptors (Lipinski definition) is 3. The van der Waals surface area contributed by atoms with Gasteiger partial charge in [-0.25, -0.2) is 4.98 Å². The summed E-state index contributed by atoms with van der Waals surface area (Å²) in [4.78, 5) is 7.06. The fourth-order valence-electron chi connectivity index (χ4n) is 1.34. The Kier molecular flexibility index (Phi) is 3.30. The van der Waals surface area contributed by atoms with Crippen LogP contribution in [0, 0.1) is 11.3 Å². The van der Waals surface area contributed by atoms with Crippen molar-refractivity contribution in [3.8, 4) is 6.07 Å². The van der Waals surface area contributed by atoms with E-state index in [-0.39, 0.29) is 5.56 Å². The zero-order valence-electron chi connectivity index (χ0n) is 8.82. The van der Waals surface area contributed by atoms with Crippen LogP contribution in [0.2, 0.25) is 0 Å². The maximum atomic E-state index is 12.7. The van der Waals surface area contributed by atoms with Crippen LogP contribution in [-0.4, -0.2) is 9.97 Å². The normalized spacial score (nSPS) is 11.2. The molecule has 1 aromatic carbocycles. The van der Waals surface area contributed by atoms with Crippen molar-refractivity contribution in [2.24, 2.45) is 0 Å². The van der Waals surface area contributed by atoms with E-state index in [1.54, 1.807) is 6.20 Å². The van der Waals surface area contributed by atoms with E-state index >= 15 is 0 Å². The second-order valence-corrected chi connectivity index (χ2v) is 4.38. The molecule has 0 spiro atoms. The number of nitriles is 1. The minimum Gasteiger partial charge on any atom is -0.339 e. The predicted octanol–water partition coefficient (Wildman–Crippen LogP) is 3.45. The summed E-state index contributed by atoms with van der Waals surface area (Å²) in [5.41, 5.74) is -1.31. The first-order valence-electron chi connectivity index (χ1n) is 4.79. The minimum absolute atomic E-state index is 0.372. The van der Waals surface area contributed by atoms with Gasteiger partial charge >= 0.3 is 6.18 Å². The number of rotatable bonds is 2. The molecular formula is C11H6F3N3S. The third-order valence-corrected chi connectivity index (χ3v) is 3.01. The Morgan fingerprint density at radius 3 is 2.67 bits per heavy atom. The number of benzene rings is 1. The highest BCUT2D eigenvalue weighted by Gasteiger charge is 2.33. The molecule has 0 bridgehead atoms. The molecule has 3 nitrogen and oxygen atoms in total.